The third-order valence-electron chi connectivity index (χ3n) is 6.53. The van der Waals surface area contributed by atoms with Crippen LogP contribution in [0, 0.1) is 17.5 Å². The van der Waals surface area contributed by atoms with Crippen molar-refractivity contribution in [3.8, 4) is 22.9 Å². The molecule has 12 heteroatoms. The van der Waals surface area contributed by atoms with E-state index in [9.17, 15) is 18.7 Å². The van der Waals surface area contributed by atoms with Crippen molar-refractivity contribution in [3.05, 3.63) is 83.4 Å². The number of pyridine rings is 1. The molecule has 1 fully saturated rings. The largest absolute Gasteiger partial charge is 0.507 e. The van der Waals surface area contributed by atoms with Gasteiger partial charge in [0.1, 0.15) is 28.7 Å². The molecular formula is C28H23ClF3N5O3. The van der Waals surface area contributed by atoms with Crippen LogP contribution in [0.4, 0.5) is 19.0 Å². The number of piperazine rings is 1. The first-order valence-corrected chi connectivity index (χ1v) is 12.7. The van der Waals surface area contributed by atoms with E-state index in [1.165, 1.54) is 36.4 Å². The van der Waals surface area contributed by atoms with Gasteiger partial charge in [0, 0.05) is 49.2 Å². The van der Waals surface area contributed by atoms with Gasteiger partial charge in [0.2, 0.25) is 5.91 Å². The molecule has 0 radical (unpaired) electrons. The third kappa shape index (κ3) is 5.37. The van der Waals surface area contributed by atoms with Gasteiger partial charge in [0.15, 0.2) is 5.82 Å². The molecule has 206 valence electrons. The molecule has 0 saturated carbocycles. The van der Waals surface area contributed by atoms with Crippen LogP contribution in [0.3, 0.4) is 0 Å². The van der Waals surface area contributed by atoms with E-state index in [-0.39, 0.29) is 40.0 Å². The number of amides is 1. The smallest absolute Gasteiger partial charge is 0.319 e. The van der Waals surface area contributed by atoms with Crippen LogP contribution in [0.15, 0.2) is 55.3 Å². The number of phenolic OH excluding ortho intramolecular Hbond substituents is 1. The molecule has 1 amide bonds. The summed E-state index contributed by atoms with van der Waals surface area (Å²) in [5.74, 6) is -2.66. The van der Waals surface area contributed by atoms with Crippen molar-refractivity contribution in [2.24, 2.45) is 0 Å². The fraction of sp³-hybridized carbons (Fsp3) is 0.214. The van der Waals surface area contributed by atoms with E-state index < -0.39 is 28.8 Å². The first kappa shape index (κ1) is 27.2. The molecule has 1 saturated heterocycles. The molecule has 40 heavy (non-hydrogen) atoms. The second-order valence-corrected chi connectivity index (χ2v) is 9.40. The molecule has 2 aromatic heterocycles. The van der Waals surface area contributed by atoms with Crippen molar-refractivity contribution in [1.82, 2.24) is 19.9 Å². The number of fused-ring (bicyclic) bond motifs is 1. The number of hydrogen-bond donors (Lipinski definition) is 1. The zero-order valence-corrected chi connectivity index (χ0v) is 21.8. The standard InChI is InChI=1S/C28H23ClF3N5O3/c1-2-22(39)36-9-11-37(12-10-36)27-18-14-19(29)23(24-20(31)4-3-5-21(24)38)25(32)26(18)34-28(35-27)40-13-8-17-7-6-16(30)15-33-17/h2-7,14-15,38H,1,8-13H2. The van der Waals surface area contributed by atoms with Gasteiger partial charge in [0.05, 0.1) is 23.4 Å². The molecule has 0 unspecified atom stereocenters. The van der Waals surface area contributed by atoms with E-state index >= 15 is 4.39 Å². The van der Waals surface area contributed by atoms with E-state index in [1.807, 2.05) is 4.90 Å². The monoisotopic (exact) mass is 569 g/mol. The summed E-state index contributed by atoms with van der Waals surface area (Å²) in [7, 11) is 0. The number of halogens is 4. The predicted octanol–water partition coefficient (Wildman–Crippen LogP) is 4.92. The Morgan fingerprint density at radius 3 is 2.55 bits per heavy atom. The maximum absolute atomic E-state index is 16.1. The van der Waals surface area contributed by atoms with Gasteiger partial charge < -0.3 is 19.6 Å². The van der Waals surface area contributed by atoms with Crippen LogP contribution in [0.2, 0.25) is 5.02 Å². The summed E-state index contributed by atoms with van der Waals surface area (Å²) in [6.07, 6.45) is 2.64. The SMILES string of the molecule is C=CC(=O)N1CCN(c2nc(OCCc3ccc(F)cn3)nc3c(F)c(-c4c(O)cccc4F)c(Cl)cc23)CC1. The maximum atomic E-state index is 16.1. The highest BCUT2D eigenvalue weighted by atomic mass is 35.5. The topological polar surface area (TPSA) is 91.7 Å². The number of aromatic nitrogens is 3. The van der Waals surface area contributed by atoms with Crippen LogP contribution >= 0.6 is 11.6 Å². The number of carbonyl (C=O) groups is 1. The number of phenols is 1. The minimum atomic E-state index is -0.961. The number of hydrogen-bond acceptors (Lipinski definition) is 7. The van der Waals surface area contributed by atoms with E-state index in [1.54, 1.807) is 4.90 Å². The lowest BCUT2D eigenvalue weighted by molar-refractivity contribution is -0.126. The Hall–Kier alpha value is -4.38. The highest BCUT2D eigenvalue weighted by Gasteiger charge is 2.27. The summed E-state index contributed by atoms with van der Waals surface area (Å²) in [6, 6.07) is 7.67. The van der Waals surface area contributed by atoms with Gasteiger partial charge >= 0.3 is 6.01 Å². The normalized spacial score (nSPS) is 13.5. The van der Waals surface area contributed by atoms with Crippen LogP contribution in [0.1, 0.15) is 5.69 Å². The van der Waals surface area contributed by atoms with Crippen molar-refractivity contribution >= 4 is 34.2 Å². The fourth-order valence-corrected chi connectivity index (χ4v) is 4.81. The minimum Gasteiger partial charge on any atom is -0.507 e. The number of aromatic hydroxyl groups is 1. The lowest BCUT2D eigenvalue weighted by Crippen LogP contribution is -2.48. The summed E-state index contributed by atoms with van der Waals surface area (Å²) in [5.41, 5.74) is -0.363. The average Bonchev–Trinajstić information content (AvgIpc) is 2.95. The van der Waals surface area contributed by atoms with E-state index in [4.69, 9.17) is 16.3 Å². The fourth-order valence-electron chi connectivity index (χ4n) is 4.52. The van der Waals surface area contributed by atoms with E-state index in [0.717, 1.165) is 12.3 Å². The van der Waals surface area contributed by atoms with Crippen LogP contribution in [0.25, 0.3) is 22.0 Å². The second-order valence-electron chi connectivity index (χ2n) is 8.99. The lowest BCUT2D eigenvalue weighted by atomic mass is 10.0. The zero-order chi connectivity index (χ0) is 28.4. The van der Waals surface area contributed by atoms with Gasteiger partial charge in [-0.2, -0.15) is 9.97 Å². The second kappa shape index (κ2) is 11.4. The minimum absolute atomic E-state index is 0.0569. The Bertz CT molecular complexity index is 1570. The molecule has 3 heterocycles. The Labute approximate surface area is 232 Å². The average molecular weight is 570 g/mol. The van der Waals surface area contributed by atoms with Gasteiger partial charge in [-0.3, -0.25) is 9.78 Å². The molecular weight excluding hydrogens is 547 g/mol. The molecule has 8 nitrogen and oxygen atoms in total. The van der Waals surface area contributed by atoms with E-state index in [0.29, 0.717) is 44.1 Å². The van der Waals surface area contributed by atoms with Crippen LogP contribution in [0.5, 0.6) is 11.8 Å². The van der Waals surface area contributed by atoms with Crippen molar-refractivity contribution < 1.29 is 27.8 Å². The molecule has 1 aliphatic heterocycles. The molecule has 0 atom stereocenters. The van der Waals surface area contributed by atoms with Gasteiger partial charge in [-0.05, 0) is 36.4 Å². The Kier molecular flexibility index (Phi) is 7.74. The Balaban J connectivity index is 1.56. The van der Waals surface area contributed by atoms with Crippen molar-refractivity contribution in [2.75, 3.05) is 37.7 Å². The van der Waals surface area contributed by atoms with Crippen LogP contribution in [-0.4, -0.2) is 63.7 Å². The lowest BCUT2D eigenvalue weighted by Gasteiger charge is -2.35. The van der Waals surface area contributed by atoms with E-state index in [2.05, 4.69) is 21.5 Å². The van der Waals surface area contributed by atoms with Crippen molar-refractivity contribution in [3.63, 3.8) is 0 Å². The third-order valence-corrected chi connectivity index (χ3v) is 6.83. The highest BCUT2D eigenvalue weighted by Crippen LogP contribution is 2.42. The molecule has 5 rings (SSSR count). The van der Waals surface area contributed by atoms with Crippen LogP contribution < -0.4 is 9.64 Å². The molecule has 0 aliphatic carbocycles. The quantitative estimate of drug-likeness (QED) is 0.316. The van der Waals surface area contributed by atoms with Gasteiger partial charge in [-0.25, -0.2) is 13.2 Å². The maximum Gasteiger partial charge on any atom is 0.319 e. The molecule has 2 aromatic carbocycles. The van der Waals surface area contributed by atoms with Gasteiger partial charge in [-0.15, -0.1) is 0 Å². The number of anilines is 1. The van der Waals surface area contributed by atoms with Crippen molar-refractivity contribution in [1.29, 1.82) is 0 Å². The van der Waals surface area contributed by atoms with Gasteiger partial charge in [-0.1, -0.05) is 24.2 Å². The summed E-state index contributed by atoms with van der Waals surface area (Å²) in [5, 5.41) is 10.4. The molecule has 4 aromatic rings. The number of nitrogens with zero attached hydrogens (tertiary/aromatic N) is 5. The van der Waals surface area contributed by atoms with Crippen LogP contribution in [-0.2, 0) is 11.2 Å². The summed E-state index contributed by atoms with van der Waals surface area (Å²) in [6.45, 7) is 5.08. The number of carbonyl (C=O) groups excluding carboxylic acids is 1. The molecule has 1 N–H and O–H groups in total. The van der Waals surface area contributed by atoms with Gasteiger partial charge in [0.25, 0.3) is 0 Å². The Morgan fingerprint density at radius 1 is 1.10 bits per heavy atom. The first-order chi connectivity index (χ1) is 19.3. The number of benzene rings is 2. The highest BCUT2D eigenvalue weighted by molar-refractivity contribution is 6.34. The zero-order valence-electron chi connectivity index (χ0n) is 21.1. The number of rotatable bonds is 7. The molecule has 0 spiro atoms. The van der Waals surface area contributed by atoms with Crippen molar-refractivity contribution in [2.45, 2.75) is 6.42 Å². The molecule has 0 bridgehead atoms. The predicted molar refractivity (Wildman–Crippen MR) is 144 cm³/mol. The summed E-state index contributed by atoms with van der Waals surface area (Å²) >= 11 is 6.46. The number of ether oxygens (including phenoxy) is 1. The molecule has 1 aliphatic rings. The first-order valence-electron chi connectivity index (χ1n) is 12.3. The summed E-state index contributed by atoms with van der Waals surface area (Å²) < 4.78 is 49.7. The Morgan fingerprint density at radius 2 is 1.88 bits per heavy atom. The summed E-state index contributed by atoms with van der Waals surface area (Å²) in [4.78, 5) is 28.3.